The molecule has 0 radical (unpaired) electrons. The molecule has 1 atom stereocenters. The Morgan fingerprint density at radius 3 is 2.56 bits per heavy atom. The number of ether oxygens (including phenoxy) is 1. The van der Waals surface area contributed by atoms with Crippen LogP contribution in [0.15, 0.2) is 12.1 Å². The molecule has 1 aliphatic rings. The zero-order valence-electron chi connectivity index (χ0n) is 8.97. The molecule has 3 nitrogen and oxygen atoms in total. The molecule has 1 fully saturated rings. The van der Waals surface area contributed by atoms with Gasteiger partial charge in [0, 0.05) is 36.1 Å². The molecule has 3 N–H and O–H groups in total. The van der Waals surface area contributed by atoms with Gasteiger partial charge < -0.3 is 15.8 Å². The molecule has 0 spiro atoms. The maximum absolute atomic E-state index is 6.16. The van der Waals surface area contributed by atoms with Gasteiger partial charge in [-0.05, 0) is 11.6 Å². The van der Waals surface area contributed by atoms with Gasteiger partial charge in [0.2, 0.25) is 0 Å². The van der Waals surface area contributed by atoms with Crippen LogP contribution in [0.2, 0.25) is 10.0 Å². The molecule has 1 aliphatic heterocycles. The highest BCUT2D eigenvalue weighted by Crippen LogP contribution is 2.36. The molecule has 0 aliphatic carbocycles. The summed E-state index contributed by atoms with van der Waals surface area (Å²) in [7, 11) is 1.56. The van der Waals surface area contributed by atoms with E-state index in [1.165, 1.54) is 0 Å². The first-order valence-corrected chi connectivity index (χ1v) is 5.88. The summed E-state index contributed by atoms with van der Waals surface area (Å²) in [5, 5.41) is 4.35. The molecular formula is C11H14Cl2N2O. The van der Waals surface area contributed by atoms with Gasteiger partial charge in [-0.15, -0.1) is 0 Å². The third-order valence-electron chi connectivity index (χ3n) is 2.95. The van der Waals surface area contributed by atoms with E-state index in [1.807, 2.05) is 0 Å². The number of rotatable bonds is 3. The van der Waals surface area contributed by atoms with Gasteiger partial charge in [-0.25, -0.2) is 0 Å². The second-order valence-electron chi connectivity index (χ2n) is 3.95. The van der Waals surface area contributed by atoms with Crippen LogP contribution in [0.4, 0.5) is 0 Å². The highest BCUT2D eigenvalue weighted by Gasteiger charge is 2.27. The Hall–Kier alpha value is -0.480. The van der Waals surface area contributed by atoms with Gasteiger partial charge >= 0.3 is 0 Å². The largest absolute Gasteiger partial charge is 0.495 e. The van der Waals surface area contributed by atoms with Crippen molar-refractivity contribution in [1.82, 2.24) is 5.32 Å². The summed E-state index contributed by atoms with van der Waals surface area (Å²) in [6.07, 6.45) is 0. The maximum atomic E-state index is 6.16. The number of hydrogen-bond donors (Lipinski definition) is 2. The second kappa shape index (κ2) is 4.80. The Labute approximate surface area is 105 Å². The molecule has 1 saturated heterocycles. The van der Waals surface area contributed by atoms with Crippen LogP contribution in [0.3, 0.4) is 0 Å². The van der Waals surface area contributed by atoms with Gasteiger partial charge in [0.05, 0.1) is 12.1 Å². The summed E-state index contributed by atoms with van der Waals surface area (Å²) >= 11 is 12.2. The Morgan fingerprint density at radius 2 is 2.06 bits per heavy atom. The lowest BCUT2D eigenvalue weighted by atomic mass is 9.89. The summed E-state index contributed by atoms with van der Waals surface area (Å²) in [6.45, 7) is 1.86. The smallest absolute Gasteiger partial charge is 0.138 e. The Kier molecular flexibility index (Phi) is 3.60. The van der Waals surface area contributed by atoms with Crippen LogP contribution in [-0.4, -0.2) is 20.2 Å². The molecule has 0 saturated carbocycles. The first-order chi connectivity index (χ1) is 7.63. The van der Waals surface area contributed by atoms with Crippen LogP contribution in [0.5, 0.6) is 5.75 Å². The standard InChI is InChI=1S/C11H14Cl2N2O/c1-16-10-3-8(12)7(2-9(10)13)11(14)6-4-15-5-6/h2-3,6,11,15H,4-5,14H2,1H3. The SMILES string of the molecule is COc1cc(Cl)c(C(N)C2CNC2)cc1Cl. The zero-order chi connectivity index (χ0) is 11.7. The van der Waals surface area contributed by atoms with E-state index in [9.17, 15) is 0 Å². The minimum Gasteiger partial charge on any atom is -0.495 e. The molecular weight excluding hydrogens is 247 g/mol. The maximum Gasteiger partial charge on any atom is 0.138 e. The number of nitrogens with one attached hydrogen (secondary N) is 1. The van der Waals surface area contributed by atoms with Crippen LogP contribution in [-0.2, 0) is 0 Å². The number of methoxy groups -OCH3 is 1. The molecule has 0 amide bonds. The van der Waals surface area contributed by atoms with Gasteiger partial charge in [0.25, 0.3) is 0 Å². The van der Waals surface area contributed by atoms with E-state index in [1.54, 1.807) is 19.2 Å². The fourth-order valence-electron chi connectivity index (χ4n) is 1.77. The quantitative estimate of drug-likeness (QED) is 0.877. The number of nitrogens with two attached hydrogens (primary N) is 1. The summed E-state index contributed by atoms with van der Waals surface area (Å²) in [4.78, 5) is 0. The van der Waals surface area contributed by atoms with E-state index < -0.39 is 0 Å². The van der Waals surface area contributed by atoms with Gasteiger partial charge in [0.1, 0.15) is 5.75 Å². The van der Waals surface area contributed by atoms with Crippen LogP contribution in [0.25, 0.3) is 0 Å². The van der Waals surface area contributed by atoms with Crippen molar-refractivity contribution >= 4 is 23.2 Å². The fourth-order valence-corrected chi connectivity index (χ4v) is 2.30. The van der Waals surface area contributed by atoms with E-state index in [0.29, 0.717) is 21.7 Å². The molecule has 1 aromatic rings. The number of halogens is 2. The topological polar surface area (TPSA) is 47.3 Å². The van der Waals surface area contributed by atoms with Crippen LogP contribution in [0, 0.1) is 5.92 Å². The van der Waals surface area contributed by atoms with Gasteiger partial charge in [-0.3, -0.25) is 0 Å². The van der Waals surface area contributed by atoms with E-state index >= 15 is 0 Å². The zero-order valence-corrected chi connectivity index (χ0v) is 10.5. The van der Waals surface area contributed by atoms with Crippen molar-refractivity contribution in [3.05, 3.63) is 27.7 Å². The summed E-state index contributed by atoms with van der Waals surface area (Å²) in [5.74, 6) is 1.01. The Morgan fingerprint density at radius 1 is 1.38 bits per heavy atom. The average molecular weight is 261 g/mol. The van der Waals surface area contributed by atoms with Gasteiger partial charge in [-0.2, -0.15) is 0 Å². The molecule has 5 heteroatoms. The lowest BCUT2D eigenvalue weighted by Crippen LogP contribution is -2.47. The summed E-state index contributed by atoms with van der Waals surface area (Å²) in [6, 6.07) is 3.44. The molecule has 0 bridgehead atoms. The predicted octanol–water partition coefficient (Wildman–Crippen LogP) is 2.22. The van der Waals surface area contributed by atoms with Crippen LogP contribution >= 0.6 is 23.2 Å². The molecule has 1 unspecified atom stereocenters. The molecule has 2 rings (SSSR count). The first kappa shape index (κ1) is 12.0. The summed E-state index contributed by atoms with van der Waals surface area (Å²) in [5.41, 5.74) is 7.03. The Balaban J connectivity index is 2.29. The van der Waals surface area contributed by atoms with Crippen LogP contribution < -0.4 is 15.8 Å². The average Bonchev–Trinajstić information content (AvgIpc) is 2.18. The predicted molar refractivity (Wildman–Crippen MR) is 66.3 cm³/mol. The molecule has 0 aromatic heterocycles. The van der Waals surface area contributed by atoms with Crippen molar-refractivity contribution in [1.29, 1.82) is 0 Å². The minimum atomic E-state index is -0.0721. The number of benzene rings is 1. The number of hydrogen-bond acceptors (Lipinski definition) is 3. The summed E-state index contributed by atoms with van der Waals surface area (Å²) < 4.78 is 5.09. The molecule has 88 valence electrons. The monoisotopic (exact) mass is 260 g/mol. The van der Waals surface area contributed by atoms with Crippen molar-refractivity contribution in [3.8, 4) is 5.75 Å². The third kappa shape index (κ3) is 2.13. The lowest BCUT2D eigenvalue weighted by molar-refractivity contribution is 0.295. The van der Waals surface area contributed by atoms with Gasteiger partial charge in [-0.1, -0.05) is 23.2 Å². The van der Waals surface area contributed by atoms with Crippen molar-refractivity contribution in [2.24, 2.45) is 11.7 Å². The highest BCUT2D eigenvalue weighted by molar-refractivity contribution is 6.34. The van der Waals surface area contributed by atoms with Crippen molar-refractivity contribution < 1.29 is 4.74 Å². The highest BCUT2D eigenvalue weighted by atomic mass is 35.5. The van der Waals surface area contributed by atoms with Crippen molar-refractivity contribution in [2.75, 3.05) is 20.2 Å². The molecule has 1 aromatic carbocycles. The minimum absolute atomic E-state index is 0.0721. The normalized spacial score (nSPS) is 18.0. The molecule has 1 heterocycles. The molecule has 16 heavy (non-hydrogen) atoms. The van der Waals surface area contributed by atoms with Crippen LogP contribution in [0.1, 0.15) is 11.6 Å². The van der Waals surface area contributed by atoms with E-state index in [2.05, 4.69) is 5.32 Å². The van der Waals surface area contributed by atoms with E-state index in [4.69, 9.17) is 33.7 Å². The van der Waals surface area contributed by atoms with E-state index in [0.717, 1.165) is 18.7 Å². The van der Waals surface area contributed by atoms with E-state index in [-0.39, 0.29) is 6.04 Å². The second-order valence-corrected chi connectivity index (χ2v) is 4.77. The third-order valence-corrected chi connectivity index (χ3v) is 3.57. The Bertz CT molecular complexity index is 394. The first-order valence-electron chi connectivity index (χ1n) is 5.12. The van der Waals surface area contributed by atoms with Crippen molar-refractivity contribution in [2.45, 2.75) is 6.04 Å². The fraction of sp³-hybridized carbons (Fsp3) is 0.455. The van der Waals surface area contributed by atoms with Crippen molar-refractivity contribution in [3.63, 3.8) is 0 Å². The lowest BCUT2D eigenvalue weighted by Gasteiger charge is -2.33. The van der Waals surface area contributed by atoms with Gasteiger partial charge in [0.15, 0.2) is 0 Å².